The first-order valence-electron chi connectivity index (χ1n) is 10.2. The third-order valence-corrected chi connectivity index (χ3v) is 5.89. The summed E-state index contributed by atoms with van der Waals surface area (Å²) in [5.41, 5.74) is 2.41. The van der Waals surface area contributed by atoms with Crippen LogP contribution in [-0.2, 0) is 22.4 Å². The van der Waals surface area contributed by atoms with Gasteiger partial charge >= 0.3 is 5.97 Å². The number of hydrogen-bond acceptors (Lipinski definition) is 5. The van der Waals surface area contributed by atoms with Crippen molar-refractivity contribution in [3.63, 3.8) is 0 Å². The quantitative estimate of drug-likeness (QED) is 0.474. The molecule has 0 bridgehead atoms. The number of aryl methyl sites for hydroxylation is 1. The molecule has 0 atom stereocenters. The number of esters is 1. The molecule has 0 aliphatic heterocycles. The number of para-hydroxylation sites is 1. The number of ether oxygens (including phenoxy) is 2. The molecule has 3 rings (SSSR count). The van der Waals surface area contributed by atoms with Crippen molar-refractivity contribution in [1.82, 2.24) is 0 Å². The van der Waals surface area contributed by atoms with E-state index in [1.54, 1.807) is 13.0 Å². The number of amides is 1. The SMILES string of the molecule is CCCOc1ccccc1/C=C/C(=O)Nc1sc2c(c1C(=O)OCC)CCCC2. The summed E-state index contributed by atoms with van der Waals surface area (Å²) >= 11 is 1.49. The fourth-order valence-corrected chi connectivity index (χ4v) is 4.63. The summed E-state index contributed by atoms with van der Waals surface area (Å²) in [5.74, 6) is 0.112. The van der Waals surface area contributed by atoms with Gasteiger partial charge in [-0.25, -0.2) is 4.79 Å². The minimum atomic E-state index is -0.357. The van der Waals surface area contributed by atoms with Gasteiger partial charge in [-0.1, -0.05) is 25.1 Å². The Labute approximate surface area is 175 Å². The Bertz CT molecular complexity index is 900. The topological polar surface area (TPSA) is 64.6 Å². The van der Waals surface area contributed by atoms with Crippen LogP contribution in [0.2, 0.25) is 0 Å². The first-order chi connectivity index (χ1) is 14.1. The van der Waals surface area contributed by atoms with Crippen LogP contribution < -0.4 is 10.1 Å². The number of rotatable bonds is 8. The predicted octanol–water partition coefficient (Wildman–Crippen LogP) is 5.24. The number of hydrogen-bond donors (Lipinski definition) is 1. The Balaban J connectivity index is 1.78. The van der Waals surface area contributed by atoms with Crippen molar-refractivity contribution >= 4 is 34.3 Å². The van der Waals surface area contributed by atoms with Crippen LogP contribution in [0.15, 0.2) is 30.3 Å². The Morgan fingerprint density at radius 2 is 1.97 bits per heavy atom. The molecule has 29 heavy (non-hydrogen) atoms. The molecule has 0 radical (unpaired) electrons. The molecule has 2 aromatic rings. The van der Waals surface area contributed by atoms with Crippen molar-refractivity contribution in [1.29, 1.82) is 0 Å². The number of benzene rings is 1. The normalized spacial score (nSPS) is 13.2. The zero-order chi connectivity index (χ0) is 20.6. The maximum Gasteiger partial charge on any atom is 0.341 e. The zero-order valence-corrected chi connectivity index (χ0v) is 17.8. The molecule has 0 saturated heterocycles. The number of carbonyl (C=O) groups excluding carboxylic acids is 2. The van der Waals surface area contributed by atoms with Gasteiger partial charge < -0.3 is 14.8 Å². The first-order valence-corrected chi connectivity index (χ1v) is 11.0. The third-order valence-electron chi connectivity index (χ3n) is 4.68. The maximum atomic E-state index is 12.6. The second kappa shape index (κ2) is 10.3. The van der Waals surface area contributed by atoms with Gasteiger partial charge in [-0.2, -0.15) is 0 Å². The highest BCUT2D eigenvalue weighted by Gasteiger charge is 2.26. The standard InChI is InChI=1S/C23H27NO4S/c1-3-15-28-18-11-7-5-9-16(18)13-14-20(25)24-22-21(23(26)27-4-2)17-10-6-8-12-19(17)29-22/h5,7,9,11,13-14H,3-4,6,8,10,12,15H2,1-2H3,(H,24,25)/b14-13+. The molecule has 1 aliphatic carbocycles. The van der Waals surface area contributed by atoms with Crippen LogP contribution >= 0.6 is 11.3 Å². The molecular weight excluding hydrogens is 386 g/mol. The van der Waals surface area contributed by atoms with Crippen LogP contribution in [0.4, 0.5) is 5.00 Å². The van der Waals surface area contributed by atoms with E-state index in [2.05, 4.69) is 5.32 Å². The van der Waals surface area contributed by atoms with Gasteiger partial charge in [0.2, 0.25) is 5.91 Å². The summed E-state index contributed by atoms with van der Waals surface area (Å²) < 4.78 is 11.0. The van der Waals surface area contributed by atoms with Crippen molar-refractivity contribution in [3.05, 3.63) is 51.9 Å². The molecule has 154 valence electrons. The lowest BCUT2D eigenvalue weighted by atomic mass is 9.95. The fraction of sp³-hybridized carbons (Fsp3) is 0.391. The number of carbonyl (C=O) groups is 2. The van der Waals surface area contributed by atoms with E-state index in [1.807, 2.05) is 31.2 Å². The maximum absolute atomic E-state index is 12.6. The molecule has 1 amide bonds. The van der Waals surface area contributed by atoms with Gasteiger partial charge in [-0.3, -0.25) is 4.79 Å². The molecule has 0 saturated carbocycles. The monoisotopic (exact) mass is 413 g/mol. The average molecular weight is 414 g/mol. The molecule has 5 nitrogen and oxygen atoms in total. The lowest BCUT2D eigenvalue weighted by molar-refractivity contribution is -0.111. The Morgan fingerprint density at radius 1 is 1.17 bits per heavy atom. The minimum absolute atomic E-state index is 0.278. The van der Waals surface area contributed by atoms with Crippen molar-refractivity contribution in [2.24, 2.45) is 0 Å². The van der Waals surface area contributed by atoms with Crippen LogP contribution in [-0.4, -0.2) is 25.1 Å². The smallest absolute Gasteiger partial charge is 0.341 e. The van der Waals surface area contributed by atoms with Gasteiger partial charge in [-0.15, -0.1) is 11.3 Å². The van der Waals surface area contributed by atoms with Crippen molar-refractivity contribution < 1.29 is 19.1 Å². The van der Waals surface area contributed by atoms with E-state index >= 15 is 0 Å². The summed E-state index contributed by atoms with van der Waals surface area (Å²) in [7, 11) is 0. The van der Waals surface area contributed by atoms with Crippen molar-refractivity contribution in [2.75, 3.05) is 18.5 Å². The van der Waals surface area contributed by atoms with E-state index in [4.69, 9.17) is 9.47 Å². The average Bonchev–Trinajstić information content (AvgIpc) is 3.09. The van der Waals surface area contributed by atoms with Gasteiger partial charge in [0, 0.05) is 16.5 Å². The molecular formula is C23H27NO4S. The van der Waals surface area contributed by atoms with Crippen LogP contribution in [0.25, 0.3) is 6.08 Å². The lowest BCUT2D eigenvalue weighted by Gasteiger charge is -2.12. The second-order valence-electron chi connectivity index (χ2n) is 6.84. The largest absolute Gasteiger partial charge is 0.493 e. The molecule has 0 fully saturated rings. The molecule has 0 unspecified atom stereocenters. The second-order valence-corrected chi connectivity index (χ2v) is 7.95. The van der Waals surface area contributed by atoms with Gasteiger partial charge in [0.1, 0.15) is 10.8 Å². The van der Waals surface area contributed by atoms with Crippen LogP contribution in [0.1, 0.15) is 59.5 Å². The molecule has 6 heteroatoms. The van der Waals surface area contributed by atoms with Gasteiger partial charge in [0.15, 0.2) is 0 Å². The summed E-state index contributed by atoms with van der Waals surface area (Å²) in [6.07, 6.45) is 8.08. The zero-order valence-electron chi connectivity index (χ0n) is 17.0. The Kier molecular flexibility index (Phi) is 7.47. The number of nitrogens with one attached hydrogen (secondary N) is 1. The Morgan fingerprint density at radius 3 is 2.76 bits per heavy atom. The molecule has 1 aromatic carbocycles. The van der Waals surface area contributed by atoms with Gasteiger partial charge in [0.25, 0.3) is 0 Å². The van der Waals surface area contributed by atoms with Crippen LogP contribution in [0.5, 0.6) is 5.75 Å². The van der Waals surface area contributed by atoms with Crippen LogP contribution in [0.3, 0.4) is 0 Å². The van der Waals surface area contributed by atoms with Gasteiger partial charge in [0.05, 0.1) is 18.8 Å². The fourth-order valence-electron chi connectivity index (χ4n) is 3.35. The number of thiophene rings is 1. The first kappa shape index (κ1) is 21.1. The molecule has 0 spiro atoms. The van der Waals surface area contributed by atoms with Crippen molar-refractivity contribution in [2.45, 2.75) is 46.0 Å². The van der Waals surface area contributed by atoms with E-state index in [0.29, 0.717) is 23.8 Å². The van der Waals surface area contributed by atoms with E-state index in [-0.39, 0.29) is 11.9 Å². The van der Waals surface area contributed by atoms with E-state index in [9.17, 15) is 9.59 Å². The highest BCUT2D eigenvalue weighted by Crippen LogP contribution is 2.38. The molecule has 1 aliphatic rings. The minimum Gasteiger partial charge on any atom is -0.493 e. The number of anilines is 1. The highest BCUT2D eigenvalue weighted by atomic mass is 32.1. The van der Waals surface area contributed by atoms with E-state index in [1.165, 1.54) is 22.3 Å². The van der Waals surface area contributed by atoms with E-state index in [0.717, 1.165) is 49.0 Å². The molecule has 1 N–H and O–H groups in total. The summed E-state index contributed by atoms with van der Waals surface area (Å²) in [6.45, 7) is 4.77. The summed E-state index contributed by atoms with van der Waals surface area (Å²) in [4.78, 5) is 26.3. The lowest BCUT2D eigenvalue weighted by Crippen LogP contribution is -2.14. The Hall–Kier alpha value is -2.60. The summed E-state index contributed by atoms with van der Waals surface area (Å²) in [5, 5.41) is 3.47. The summed E-state index contributed by atoms with van der Waals surface area (Å²) in [6, 6.07) is 7.61. The van der Waals surface area contributed by atoms with E-state index < -0.39 is 0 Å². The predicted molar refractivity (Wildman–Crippen MR) is 117 cm³/mol. The molecule has 1 heterocycles. The van der Waals surface area contributed by atoms with Gasteiger partial charge in [-0.05, 0) is 56.7 Å². The highest BCUT2D eigenvalue weighted by molar-refractivity contribution is 7.17. The third kappa shape index (κ3) is 5.26. The molecule has 1 aromatic heterocycles. The van der Waals surface area contributed by atoms with Crippen molar-refractivity contribution in [3.8, 4) is 5.75 Å². The number of fused-ring (bicyclic) bond motifs is 1. The van der Waals surface area contributed by atoms with Crippen LogP contribution in [0, 0.1) is 0 Å².